The lowest BCUT2D eigenvalue weighted by atomic mass is 9.98. The summed E-state index contributed by atoms with van der Waals surface area (Å²) in [5, 5.41) is 6.15. The van der Waals surface area contributed by atoms with Crippen molar-refractivity contribution < 1.29 is 9.59 Å². The highest BCUT2D eigenvalue weighted by Gasteiger charge is 2.44. The van der Waals surface area contributed by atoms with E-state index in [1.165, 1.54) is 5.56 Å². The summed E-state index contributed by atoms with van der Waals surface area (Å²) in [6, 6.07) is 10.1. The Morgan fingerprint density at radius 1 is 1.19 bits per heavy atom. The number of hydrogen-bond acceptors (Lipinski definition) is 4. The highest BCUT2D eigenvalue weighted by atomic mass is 16.2. The van der Waals surface area contributed by atoms with E-state index in [9.17, 15) is 9.59 Å². The highest BCUT2D eigenvalue weighted by molar-refractivity contribution is 5.89. The minimum Gasteiger partial charge on any atom is -0.387 e. The summed E-state index contributed by atoms with van der Waals surface area (Å²) in [6.07, 6.45) is 4.43. The molecule has 140 valence electrons. The predicted octanol–water partition coefficient (Wildman–Crippen LogP) is 0.929. The lowest BCUT2D eigenvalue weighted by molar-refractivity contribution is -0.141. The Kier molecular flexibility index (Phi) is 5.93. The molecule has 2 amide bonds. The molecule has 3 rings (SSSR count). The zero-order valence-corrected chi connectivity index (χ0v) is 15.1. The van der Waals surface area contributed by atoms with E-state index < -0.39 is 6.04 Å². The van der Waals surface area contributed by atoms with Crippen LogP contribution >= 0.6 is 0 Å². The first-order chi connectivity index (χ1) is 12.6. The molecule has 0 aliphatic carbocycles. The molecular weight excluding hydrogens is 328 g/mol. The predicted molar refractivity (Wildman–Crippen MR) is 101 cm³/mol. The SMILES string of the molecule is C=C(NCCc1ccccc1)[C@@H]1CC[C@@H]2CCC(NC(=O)CN)C(=O)N21. The minimum atomic E-state index is -0.458. The highest BCUT2D eigenvalue weighted by Crippen LogP contribution is 2.34. The van der Waals surface area contributed by atoms with E-state index in [1.54, 1.807) is 0 Å². The van der Waals surface area contributed by atoms with Gasteiger partial charge in [-0.2, -0.15) is 0 Å². The van der Waals surface area contributed by atoms with E-state index in [2.05, 4.69) is 29.3 Å². The normalized spacial score (nSPS) is 24.9. The molecule has 6 nitrogen and oxygen atoms in total. The number of fused-ring (bicyclic) bond motifs is 1. The average Bonchev–Trinajstić information content (AvgIpc) is 3.09. The molecule has 1 aromatic carbocycles. The number of piperidine rings is 1. The topological polar surface area (TPSA) is 87.5 Å². The number of benzene rings is 1. The van der Waals surface area contributed by atoms with E-state index in [4.69, 9.17) is 5.73 Å². The van der Waals surface area contributed by atoms with Crippen LogP contribution in [0.25, 0.3) is 0 Å². The second-order valence-corrected chi connectivity index (χ2v) is 7.08. The van der Waals surface area contributed by atoms with Gasteiger partial charge in [-0.25, -0.2) is 0 Å². The van der Waals surface area contributed by atoms with Crippen LogP contribution in [0.4, 0.5) is 0 Å². The first kappa shape index (κ1) is 18.5. The lowest BCUT2D eigenvalue weighted by Crippen LogP contribution is -2.57. The smallest absolute Gasteiger partial charge is 0.245 e. The van der Waals surface area contributed by atoms with Gasteiger partial charge >= 0.3 is 0 Å². The van der Waals surface area contributed by atoms with Gasteiger partial charge in [0.1, 0.15) is 6.04 Å². The molecule has 26 heavy (non-hydrogen) atoms. The van der Waals surface area contributed by atoms with Crippen molar-refractivity contribution >= 4 is 11.8 Å². The molecule has 0 spiro atoms. The van der Waals surface area contributed by atoms with Crippen LogP contribution in [0.1, 0.15) is 31.2 Å². The van der Waals surface area contributed by atoms with Crippen LogP contribution in [0.5, 0.6) is 0 Å². The molecule has 6 heteroatoms. The molecule has 0 radical (unpaired) electrons. The van der Waals surface area contributed by atoms with Crippen molar-refractivity contribution in [1.29, 1.82) is 0 Å². The summed E-state index contributed by atoms with van der Waals surface area (Å²) in [5.41, 5.74) is 7.52. The van der Waals surface area contributed by atoms with Crippen molar-refractivity contribution in [2.45, 2.75) is 50.2 Å². The van der Waals surface area contributed by atoms with Crippen LogP contribution in [-0.2, 0) is 16.0 Å². The van der Waals surface area contributed by atoms with Gasteiger partial charge in [0.2, 0.25) is 11.8 Å². The standard InChI is InChI=1S/C20H28N4O2/c1-14(22-12-11-15-5-3-2-4-6-15)18-10-8-16-7-9-17(20(26)24(16)18)23-19(25)13-21/h2-6,16-18,22H,1,7-13,21H2,(H,23,25)/t16-,17?,18-/m0/s1. The van der Waals surface area contributed by atoms with Gasteiger partial charge in [0.25, 0.3) is 0 Å². The first-order valence-electron chi connectivity index (χ1n) is 9.38. The molecule has 1 aromatic rings. The van der Waals surface area contributed by atoms with Crippen LogP contribution in [0.15, 0.2) is 42.6 Å². The van der Waals surface area contributed by atoms with E-state index in [1.807, 2.05) is 23.1 Å². The van der Waals surface area contributed by atoms with Crippen LogP contribution in [-0.4, -0.2) is 47.9 Å². The Morgan fingerprint density at radius 2 is 1.92 bits per heavy atom. The average molecular weight is 356 g/mol. The first-order valence-corrected chi connectivity index (χ1v) is 9.38. The fourth-order valence-electron chi connectivity index (χ4n) is 4.02. The number of hydrogen-bond donors (Lipinski definition) is 3. The van der Waals surface area contributed by atoms with Gasteiger partial charge in [0, 0.05) is 18.3 Å². The van der Waals surface area contributed by atoms with Gasteiger partial charge in [-0.15, -0.1) is 0 Å². The third-order valence-electron chi connectivity index (χ3n) is 5.38. The van der Waals surface area contributed by atoms with E-state index in [0.29, 0.717) is 6.42 Å². The van der Waals surface area contributed by atoms with Crippen molar-refractivity contribution in [3.63, 3.8) is 0 Å². The zero-order chi connectivity index (χ0) is 18.5. The van der Waals surface area contributed by atoms with Crippen molar-refractivity contribution in [2.24, 2.45) is 5.73 Å². The van der Waals surface area contributed by atoms with E-state index >= 15 is 0 Å². The number of nitrogens with one attached hydrogen (secondary N) is 2. The molecule has 2 aliphatic rings. The molecule has 0 aromatic heterocycles. The Morgan fingerprint density at radius 3 is 2.65 bits per heavy atom. The number of carbonyl (C=O) groups excluding carboxylic acids is 2. The Labute approximate surface area is 154 Å². The summed E-state index contributed by atoms with van der Waals surface area (Å²) >= 11 is 0. The zero-order valence-electron chi connectivity index (χ0n) is 15.1. The summed E-state index contributed by atoms with van der Waals surface area (Å²) < 4.78 is 0. The van der Waals surface area contributed by atoms with Gasteiger partial charge in [0.05, 0.1) is 12.6 Å². The Balaban J connectivity index is 1.56. The molecule has 1 unspecified atom stereocenters. The second kappa shape index (κ2) is 8.36. The van der Waals surface area contributed by atoms with Crippen molar-refractivity contribution in [3.05, 3.63) is 48.2 Å². The maximum Gasteiger partial charge on any atom is 0.245 e. The minimum absolute atomic E-state index is 0.000789. The fraction of sp³-hybridized carbons (Fsp3) is 0.500. The third kappa shape index (κ3) is 4.07. The lowest BCUT2D eigenvalue weighted by Gasteiger charge is -2.39. The van der Waals surface area contributed by atoms with Crippen molar-refractivity contribution in [2.75, 3.05) is 13.1 Å². The van der Waals surface area contributed by atoms with Gasteiger partial charge in [-0.05, 0) is 37.7 Å². The van der Waals surface area contributed by atoms with Crippen LogP contribution in [0, 0.1) is 0 Å². The van der Waals surface area contributed by atoms with E-state index in [0.717, 1.165) is 37.9 Å². The van der Waals surface area contributed by atoms with Crippen LogP contribution < -0.4 is 16.4 Å². The molecule has 2 saturated heterocycles. The Hall–Kier alpha value is -2.34. The molecule has 2 fully saturated rings. The summed E-state index contributed by atoms with van der Waals surface area (Å²) in [7, 11) is 0. The van der Waals surface area contributed by atoms with E-state index in [-0.39, 0.29) is 30.4 Å². The van der Waals surface area contributed by atoms with Gasteiger partial charge in [-0.3, -0.25) is 9.59 Å². The largest absolute Gasteiger partial charge is 0.387 e. The molecule has 4 N–H and O–H groups in total. The summed E-state index contributed by atoms with van der Waals surface area (Å²) in [4.78, 5) is 26.4. The molecule has 3 atom stereocenters. The number of nitrogens with two attached hydrogens (primary N) is 1. The fourth-order valence-corrected chi connectivity index (χ4v) is 4.02. The molecule has 2 heterocycles. The van der Waals surface area contributed by atoms with Gasteiger partial charge in [0.15, 0.2) is 0 Å². The maximum atomic E-state index is 12.9. The second-order valence-electron chi connectivity index (χ2n) is 7.08. The number of rotatable bonds is 7. The molecule has 0 saturated carbocycles. The number of carbonyl (C=O) groups is 2. The quantitative estimate of drug-likeness (QED) is 0.678. The third-order valence-corrected chi connectivity index (χ3v) is 5.38. The molecular formula is C20H28N4O2. The summed E-state index contributed by atoms with van der Waals surface area (Å²) in [6.45, 7) is 4.88. The van der Waals surface area contributed by atoms with Crippen molar-refractivity contribution in [3.8, 4) is 0 Å². The van der Waals surface area contributed by atoms with Gasteiger partial charge in [-0.1, -0.05) is 36.9 Å². The number of nitrogens with zero attached hydrogens (tertiary/aromatic N) is 1. The van der Waals surface area contributed by atoms with Gasteiger partial charge < -0.3 is 21.3 Å². The molecule has 2 aliphatic heterocycles. The molecule has 0 bridgehead atoms. The maximum absolute atomic E-state index is 12.9. The van der Waals surface area contributed by atoms with Crippen LogP contribution in [0.2, 0.25) is 0 Å². The van der Waals surface area contributed by atoms with Crippen LogP contribution in [0.3, 0.4) is 0 Å². The monoisotopic (exact) mass is 356 g/mol. The Bertz CT molecular complexity index is 661. The van der Waals surface area contributed by atoms with Crippen molar-refractivity contribution in [1.82, 2.24) is 15.5 Å². The number of amides is 2. The summed E-state index contributed by atoms with van der Waals surface area (Å²) in [5.74, 6) is -0.283.